The van der Waals surface area contributed by atoms with Crippen LogP contribution in [0.15, 0.2) is 48.5 Å². The summed E-state index contributed by atoms with van der Waals surface area (Å²) in [6, 6.07) is 15.7. The molecule has 0 spiro atoms. The lowest BCUT2D eigenvalue weighted by Gasteiger charge is -2.16. The summed E-state index contributed by atoms with van der Waals surface area (Å²) in [6.07, 6.45) is 2.89. The van der Waals surface area contributed by atoms with Gasteiger partial charge in [-0.2, -0.15) is 0 Å². The zero-order chi connectivity index (χ0) is 24.1. The Morgan fingerprint density at radius 3 is 2.21 bits per heavy atom. The molecule has 2 aliphatic carbocycles. The summed E-state index contributed by atoms with van der Waals surface area (Å²) in [5, 5.41) is 14.7. The SMILES string of the molecule is CC(CCNC(=O)OCC1c2ccccc2-c2ccccc21)CCC(=O)NC(C(=O)O)C1CC1. The van der Waals surface area contributed by atoms with E-state index in [-0.39, 0.29) is 36.7 Å². The van der Waals surface area contributed by atoms with Gasteiger partial charge < -0.3 is 20.5 Å². The maximum Gasteiger partial charge on any atom is 0.407 e. The Bertz CT molecular complexity index is 1000. The Balaban J connectivity index is 1.16. The summed E-state index contributed by atoms with van der Waals surface area (Å²) in [5.41, 5.74) is 4.74. The highest BCUT2D eigenvalue weighted by Gasteiger charge is 2.37. The van der Waals surface area contributed by atoms with Crippen LogP contribution in [0.25, 0.3) is 11.1 Å². The van der Waals surface area contributed by atoms with E-state index in [4.69, 9.17) is 4.74 Å². The zero-order valence-corrected chi connectivity index (χ0v) is 19.5. The van der Waals surface area contributed by atoms with Gasteiger partial charge in [0, 0.05) is 18.9 Å². The number of carboxylic acids is 1. The van der Waals surface area contributed by atoms with Crippen molar-refractivity contribution >= 4 is 18.0 Å². The van der Waals surface area contributed by atoms with Gasteiger partial charge in [-0.3, -0.25) is 4.79 Å². The van der Waals surface area contributed by atoms with Crippen LogP contribution in [0.2, 0.25) is 0 Å². The summed E-state index contributed by atoms with van der Waals surface area (Å²) in [5.74, 6) is -0.878. The van der Waals surface area contributed by atoms with Crippen molar-refractivity contribution in [3.63, 3.8) is 0 Å². The van der Waals surface area contributed by atoms with Gasteiger partial charge in [-0.15, -0.1) is 0 Å². The Morgan fingerprint density at radius 2 is 1.62 bits per heavy atom. The van der Waals surface area contributed by atoms with E-state index in [1.54, 1.807) is 0 Å². The van der Waals surface area contributed by atoms with Gasteiger partial charge >= 0.3 is 12.1 Å². The van der Waals surface area contributed by atoms with E-state index in [0.717, 1.165) is 12.8 Å². The molecule has 2 aliphatic rings. The van der Waals surface area contributed by atoms with Crippen LogP contribution in [0, 0.1) is 11.8 Å². The molecule has 0 aliphatic heterocycles. The lowest BCUT2D eigenvalue weighted by molar-refractivity contribution is -0.142. The van der Waals surface area contributed by atoms with E-state index in [1.165, 1.54) is 22.3 Å². The van der Waals surface area contributed by atoms with Crippen molar-refractivity contribution < 1.29 is 24.2 Å². The molecule has 4 rings (SSSR count). The number of alkyl carbamates (subject to hydrolysis) is 1. The highest BCUT2D eigenvalue weighted by Crippen LogP contribution is 2.44. The van der Waals surface area contributed by atoms with Crippen molar-refractivity contribution in [3.8, 4) is 11.1 Å². The number of nitrogens with one attached hydrogen (secondary N) is 2. The fourth-order valence-electron chi connectivity index (χ4n) is 4.65. The summed E-state index contributed by atoms with van der Waals surface area (Å²) in [7, 11) is 0. The number of amides is 2. The highest BCUT2D eigenvalue weighted by atomic mass is 16.5. The third kappa shape index (κ3) is 5.76. The average Bonchev–Trinajstić information content (AvgIpc) is 3.62. The molecule has 2 atom stereocenters. The van der Waals surface area contributed by atoms with Gasteiger partial charge in [-0.05, 0) is 59.8 Å². The minimum absolute atomic E-state index is 0.0286. The monoisotopic (exact) mass is 464 g/mol. The van der Waals surface area contributed by atoms with Crippen molar-refractivity contribution in [3.05, 3.63) is 59.7 Å². The average molecular weight is 465 g/mol. The first-order valence-electron chi connectivity index (χ1n) is 12.0. The van der Waals surface area contributed by atoms with Gasteiger partial charge in [0.1, 0.15) is 12.6 Å². The molecule has 0 aromatic heterocycles. The Hall–Kier alpha value is -3.35. The molecular weight excluding hydrogens is 432 g/mol. The first-order chi connectivity index (χ1) is 16.4. The van der Waals surface area contributed by atoms with Gasteiger partial charge in [0.05, 0.1) is 0 Å². The molecule has 2 amide bonds. The van der Waals surface area contributed by atoms with E-state index in [2.05, 4.69) is 34.9 Å². The number of carbonyl (C=O) groups is 3. The maximum absolute atomic E-state index is 12.3. The molecule has 2 aromatic rings. The van der Waals surface area contributed by atoms with Crippen LogP contribution in [-0.2, 0) is 14.3 Å². The molecule has 0 radical (unpaired) electrons. The number of ether oxygens (including phenoxy) is 1. The van der Waals surface area contributed by atoms with Crippen molar-refractivity contribution in [1.82, 2.24) is 10.6 Å². The first-order valence-corrected chi connectivity index (χ1v) is 12.0. The summed E-state index contributed by atoms with van der Waals surface area (Å²) in [4.78, 5) is 35.6. The Labute approximate surface area is 199 Å². The van der Waals surface area contributed by atoms with E-state index in [9.17, 15) is 19.5 Å². The van der Waals surface area contributed by atoms with Crippen LogP contribution >= 0.6 is 0 Å². The quantitative estimate of drug-likeness (QED) is 0.460. The van der Waals surface area contributed by atoms with Gasteiger partial charge in [-0.1, -0.05) is 55.5 Å². The summed E-state index contributed by atoms with van der Waals surface area (Å²) < 4.78 is 5.54. The fraction of sp³-hybridized carbons (Fsp3) is 0.444. The molecule has 1 saturated carbocycles. The second-order valence-electron chi connectivity index (χ2n) is 9.41. The zero-order valence-electron chi connectivity index (χ0n) is 19.5. The van der Waals surface area contributed by atoms with E-state index in [0.29, 0.717) is 19.4 Å². The van der Waals surface area contributed by atoms with Crippen LogP contribution in [0.1, 0.15) is 56.1 Å². The van der Waals surface area contributed by atoms with E-state index in [1.807, 2.05) is 31.2 Å². The van der Waals surface area contributed by atoms with Gasteiger partial charge in [0.2, 0.25) is 5.91 Å². The number of carbonyl (C=O) groups excluding carboxylic acids is 2. The topological polar surface area (TPSA) is 105 Å². The largest absolute Gasteiger partial charge is 0.480 e. The Morgan fingerprint density at radius 1 is 1.00 bits per heavy atom. The Kier molecular flexibility index (Phi) is 7.50. The van der Waals surface area contributed by atoms with Crippen LogP contribution < -0.4 is 10.6 Å². The predicted molar refractivity (Wildman–Crippen MR) is 128 cm³/mol. The number of carboxylic acid groups (broad SMARTS) is 1. The highest BCUT2D eigenvalue weighted by molar-refractivity contribution is 5.84. The number of benzene rings is 2. The first kappa shape index (κ1) is 23.8. The standard InChI is InChI=1S/C27H32N2O5/c1-17(10-13-24(30)29-25(26(31)32)18-11-12-18)14-15-28-27(33)34-16-23-21-8-4-2-6-19(21)20-7-3-5-9-22(20)23/h2-9,17-18,23,25H,10-16H2,1H3,(H,28,33)(H,29,30)(H,31,32). The molecule has 1 fully saturated rings. The number of hydrogen-bond donors (Lipinski definition) is 3. The fourth-order valence-corrected chi connectivity index (χ4v) is 4.65. The molecule has 7 heteroatoms. The maximum atomic E-state index is 12.3. The lowest BCUT2D eigenvalue weighted by atomic mass is 9.98. The van der Waals surface area contributed by atoms with Crippen molar-refractivity contribution in [2.24, 2.45) is 11.8 Å². The predicted octanol–water partition coefficient (Wildman–Crippen LogP) is 4.31. The number of rotatable bonds is 11. The molecule has 34 heavy (non-hydrogen) atoms. The van der Waals surface area contributed by atoms with Crippen molar-refractivity contribution in [1.29, 1.82) is 0 Å². The molecule has 180 valence electrons. The van der Waals surface area contributed by atoms with Crippen LogP contribution in [0.5, 0.6) is 0 Å². The molecule has 2 unspecified atom stereocenters. The van der Waals surface area contributed by atoms with E-state index >= 15 is 0 Å². The van der Waals surface area contributed by atoms with E-state index < -0.39 is 18.1 Å². The molecule has 7 nitrogen and oxygen atoms in total. The minimum Gasteiger partial charge on any atom is -0.480 e. The minimum atomic E-state index is -0.962. The van der Waals surface area contributed by atoms with Gasteiger partial charge in [-0.25, -0.2) is 9.59 Å². The second-order valence-corrected chi connectivity index (χ2v) is 9.41. The van der Waals surface area contributed by atoms with Crippen molar-refractivity contribution in [2.75, 3.05) is 13.2 Å². The normalized spacial score (nSPS) is 16.1. The number of fused-ring (bicyclic) bond motifs is 3. The molecule has 2 aromatic carbocycles. The second kappa shape index (κ2) is 10.7. The third-order valence-electron chi connectivity index (χ3n) is 6.79. The number of hydrogen-bond acceptors (Lipinski definition) is 4. The number of aliphatic carboxylic acids is 1. The summed E-state index contributed by atoms with van der Waals surface area (Å²) >= 11 is 0. The van der Waals surface area contributed by atoms with Crippen LogP contribution in [-0.4, -0.2) is 42.3 Å². The van der Waals surface area contributed by atoms with Crippen molar-refractivity contribution in [2.45, 2.75) is 51.0 Å². The lowest BCUT2D eigenvalue weighted by Crippen LogP contribution is -2.42. The third-order valence-corrected chi connectivity index (χ3v) is 6.79. The van der Waals surface area contributed by atoms with Gasteiger partial charge in [0.25, 0.3) is 0 Å². The van der Waals surface area contributed by atoms with Gasteiger partial charge in [0.15, 0.2) is 0 Å². The molecule has 0 heterocycles. The molecule has 0 bridgehead atoms. The summed E-state index contributed by atoms with van der Waals surface area (Å²) in [6.45, 7) is 2.75. The molecule has 3 N–H and O–H groups in total. The molecule has 0 saturated heterocycles. The molecular formula is C27H32N2O5. The smallest absolute Gasteiger partial charge is 0.407 e. The van der Waals surface area contributed by atoms with Crippen LogP contribution in [0.3, 0.4) is 0 Å². The van der Waals surface area contributed by atoms with Crippen LogP contribution in [0.4, 0.5) is 4.79 Å².